The lowest BCUT2D eigenvalue weighted by atomic mass is 10.3. The van der Waals surface area contributed by atoms with Crippen LogP contribution in [0.2, 0.25) is 0 Å². The molecule has 0 spiro atoms. The molecule has 142 valence electrons. The Balaban J connectivity index is 1.81. The SMILES string of the molecule is CCOC(=O)c1cc(-c2ccc(S(=O)(=O)Nc3cccc(SC)c3)s2)on1. The van der Waals surface area contributed by atoms with Crippen molar-refractivity contribution in [3.63, 3.8) is 0 Å². The Labute approximate surface area is 164 Å². The van der Waals surface area contributed by atoms with Crippen molar-refractivity contribution >= 4 is 44.8 Å². The molecule has 0 saturated heterocycles. The predicted molar refractivity (Wildman–Crippen MR) is 105 cm³/mol. The molecule has 0 radical (unpaired) electrons. The fourth-order valence-electron chi connectivity index (χ4n) is 2.18. The summed E-state index contributed by atoms with van der Waals surface area (Å²) in [6.07, 6.45) is 1.92. The highest BCUT2D eigenvalue weighted by Crippen LogP contribution is 2.32. The van der Waals surface area contributed by atoms with Gasteiger partial charge in [0.05, 0.1) is 11.5 Å². The van der Waals surface area contributed by atoms with Gasteiger partial charge in [-0.2, -0.15) is 0 Å². The van der Waals surface area contributed by atoms with Crippen LogP contribution >= 0.6 is 23.1 Å². The van der Waals surface area contributed by atoms with E-state index in [2.05, 4.69) is 9.88 Å². The number of anilines is 1. The van der Waals surface area contributed by atoms with Gasteiger partial charge in [-0.3, -0.25) is 4.72 Å². The fourth-order valence-corrected chi connectivity index (χ4v) is 4.94. The maximum Gasteiger partial charge on any atom is 0.360 e. The van der Waals surface area contributed by atoms with E-state index in [1.165, 1.54) is 23.9 Å². The third kappa shape index (κ3) is 4.52. The smallest absolute Gasteiger partial charge is 0.360 e. The fraction of sp³-hybridized carbons (Fsp3) is 0.176. The highest BCUT2D eigenvalue weighted by atomic mass is 32.2. The molecule has 0 atom stereocenters. The van der Waals surface area contributed by atoms with Crippen LogP contribution in [0, 0.1) is 0 Å². The summed E-state index contributed by atoms with van der Waals surface area (Å²) in [5, 5.41) is 3.66. The predicted octanol–water partition coefficient (Wildman–Crippen LogP) is 4.10. The molecule has 1 N–H and O–H groups in total. The molecule has 27 heavy (non-hydrogen) atoms. The molecule has 0 bridgehead atoms. The van der Waals surface area contributed by atoms with E-state index < -0.39 is 16.0 Å². The molecule has 10 heteroatoms. The lowest BCUT2D eigenvalue weighted by Crippen LogP contribution is -2.11. The van der Waals surface area contributed by atoms with Crippen molar-refractivity contribution in [1.29, 1.82) is 0 Å². The first kappa shape index (κ1) is 19.5. The maximum atomic E-state index is 12.6. The number of rotatable bonds is 7. The number of esters is 1. The van der Waals surface area contributed by atoms with Crippen molar-refractivity contribution in [2.45, 2.75) is 16.0 Å². The first-order valence-corrected chi connectivity index (χ1v) is 11.4. The zero-order valence-corrected chi connectivity index (χ0v) is 16.9. The minimum atomic E-state index is -3.74. The van der Waals surface area contributed by atoms with Gasteiger partial charge < -0.3 is 9.26 Å². The minimum absolute atomic E-state index is 0.0386. The van der Waals surface area contributed by atoms with Gasteiger partial charge in [0.25, 0.3) is 10.0 Å². The van der Waals surface area contributed by atoms with E-state index in [1.807, 2.05) is 12.3 Å². The van der Waals surface area contributed by atoms with Gasteiger partial charge in [0.2, 0.25) is 0 Å². The summed E-state index contributed by atoms with van der Waals surface area (Å²) in [5.74, 6) is -0.291. The van der Waals surface area contributed by atoms with Crippen LogP contribution < -0.4 is 4.72 Å². The molecule has 2 heterocycles. The summed E-state index contributed by atoms with van der Waals surface area (Å²) in [6, 6.07) is 11.6. The molecule has 3 rings (SSSR count). The molecule has 1 aromatic carbocycles. The Morgan fingerprint density at radius 1 is 1.30 bits per heavy atom. The van der Waals surface area contributed by atoms with E-state index in [0.717, 1.165) is 16.2 Å². The quantitative estimate of drug-likeness (QED) is 0.450. The Kier molecular flexibility index (Phi) is 5.88. The Morgan fingerprint density at radius 3 is 2.85 bits per heavy atom. The molecule has 0 aliphatic carbocycles. The van der Waals surface area contributed by atoms with Crippen LogP contribution in [0.3, 0.4) is 0 Å². The van der Waals surface area contributed by atoms with Crippen LogP contribution in [0.5, 0.6) is 0 Å². The molecule has 2 aromatic heterocycles. The number of nitrogens with one attached hydrogen (secondary N) is 1. The lowest BCUT2D eigenvalue weighted by Gasteiger charge is -2.07. The van der Waals surface area contributed by atoms with Crippen LogP contribution in [0.1, 0.15) is 17.4 Å². The minimum Gasteiger partial charge on any atom is -0.461 e. The number of ether oxygens (including phenoxy) is 1. The average Bonchev–Trinajstić information content (AvgIpc) is 3.31. The molecule has 0 saturated carbocycles. The number of carbonyl (C=O) groups is 1. The van der Waals surface area contributed by atoms with Gasteiger partial charge in [0.15, 0.2) is 11.5 Å². The monoisotopic (exact) mass is 424 g/mol. The number of thiophene rings is 1. The summed E-state index contributed by atoms with van der Waals surface area (Å²) in [4.78, 5) is 13.2. The Morgan fingerprint density at radius 2 is 2.11 bits per heavy atom. The topological polar surface area (TPSA) is 98.5 Å². The van der Waals surface area contributed by atoms with Gasteiger partial charge in [0, 0.05) is 16.6 Å². The van der Waals surface area contributed by atoms with E-state index in [4.69, 9.17) is 9.26 Å². The molecular weight excluding hydrogens is 408 g/mol. The highest BCUT2D eigenvalue weighted by molar-refractivity contribution is 7.98. The average molecular weight is 425 g/mol. The zero-order valence-electron chi connectivity index (χ0n) is 14.5. The number of carbonyl (C=O) groups excluding carboxylic acids is 1. The van der Waals surface area contributed by atoms with Crippen molar-refractivity contribution in [2.75, 3.05) is 17.6 Å². The molecule has 0 aliphatic heterocycles. The van der Waals surface area contributed by atoms with Crippen LogP contribution in [0.15, 0.2) is 56.1 Å². The van der Waals surface area contributed by atoms with Gasteiger partial charge in [-0.05, 0) is 43.5 Å². The van der Waals surface area contributed by atoms with E-state index in [9.17, 15) is 13.2 Å². The zero-order chi connectivity index (χ0) is 19.4. The molecule has 0 fully saturated rings. The number of thioether (sulfide) groups is 1. The van der Waals surface area contributed by atoms with Crippen molar-refractivity contribution in [1.82, 2.24) is 5.16 Å². The number of nitrogens with zero attached hydrogens (tertiary/aromatic N) is 1. The summed E-state index contributed by atoms with van der Waals surface area (Å²) < 4.78 is 37.9. The van der Waals surface area contributed by atoms with Gasteiger partial charge >= 0.3 is 5.97 Å². The van der Waals surface area contributed by atoms with E-state index >= 15 is 0 Å². The highest BCUT2D eigenvalue weighted by Gasteiger charge is 2.20. The third-order valence-electron chi connectivity index (χ3n) is 3.41. The van der Waals surface area contributed by atoms with Crippen molar-refractivity contribution in [3.05, 3.63) is 48.2 Å². The summed E-state index contributed by atoms with van der Waals surface area (Å²) in [7, 11) is -3.74. The number of sulfonamides is 1. The van der Waals surface area contributed by atoms with Crippen LogP contribution in [0.4, 0.5) is 5.69 Å². The first-order valence-electron chi connectivity index (χ1n) is 7.84. The number of hydrogen-bond donors (Lipinski definition) is 1. The number of aromatic nitrogens is 1. The Hall–Kier alpha value is -2.30. The van der Waals surface area contributed by atoms with E-state index in [-0.39, 0.29) is 16.5 Å². The molecule has 0 unspecified atom stereocenters. The summed E-state index contributed by atoms with van der Waals surface area (Å²) in [5.41, 5.74) is 0.526. The first-order chi connectivity index (χ1) is 12.9. The standard InChI is InChI=1S/C17H16N2O5S3/c1-3-23-17(20)13-10-14(24-18-13)15-7-8-16(26-15)27(21,22)19-11-5-4-6-12(9-11)25-2/h4-10,19H,3H2,1-2H3. The third-order valence-corrected chi connectivity index (χ3v) is 7.10. The second kappa shape index (κ2) is 8.15. The van der Waals surface area contributed by atoms with Gasteiger partial charge in [-0.25, -0.2) is 13.2 Å². The molecule has 3 aromatic rings. The van der Waals surface area contributed by atoms with Gasteiger partial charge in [-0.1, -0.05) is 11.2 Å². The Bertz CT molecular complexity index is 1060. The lowest BCUT2D eigenvalue weighted by molar-refractivity contribution is 0.0514. The van der Waals surface area contributed by atoms with Crippen molar-refractivity contribution in [2.24, 2.45) is 0 Å². The molecule has 0 aliphatic rings. The molecule has 0 amide bonds. The normalized spacial score (nSPS) is 11.3. The number of benzene rings is 1. The van der Waals surface area contributed by atoms with Crippen molar-refractivity contribution in [3.8, 4) is 10.6 Å². The van der Waals surface area contributed by atoms with Crippen LogP contribution in [0.25, 0.3) is 10.6 Å². The second-order valence-corrected chi connectivity index (χ2v) is 9.13. The molecular formula is C17H16N2O5S3. The molecule has 7 nitrogen and oxygen atoms in total. The van der Waals surface area contributed by atoms with E-state index in [0.29, 0.717) is 16.3 Å². The number of hydrogen-bond acceptors (Lipinski definition) is 8. The maximum absolute atomic E-state index is 12.6. The second-order valence-electron chi connectivity index (χ2n) is 5.25. The largest absolute Gasteiger partial charge is 0.461 e. The van der Waals surface area contributed by atoms with Gasteiger partial charge in [0.1, 0.15) is 4.21 Å². The summed E-state index contributed by atoms with van der Waals surface area (Å²) >= 11 is 2.54. The summed E-state index contributed by atoms with van der Waals surface area (Å²) in [6.45, 7) is 1.92. The van der Waals surface area contributed by atoms with Crippen molar-refractivity contribution < 1.29 is 22.5 Å². The van der Waals surface area contributed by atoms with Gasteiger partial charge in [-0.15, -0.1) is 23.1 Å². The van der Waals surface area contributed by atoms with Crippen LogP contribution in [-0.2, 0) is 14.8 Å². The van der Waals surface area contributed by atoms with E-state index in [1.54, 1.807) is 31.2 Å². The van der Waals surface area contributed by atoms with Crippen LogP contribution in [-0.4, -0.2) is 32.4 Å².